The highest BCUT2D eigenvalue weighted by Gasteiger charge is 2.35. The lowest BCUT2D eigenvalue weighted by Crippen LogP contribution is -2.54. The van der Waals surface area contributed by atoms with E-state index in [0.717, 1.165) is 10.9 Å². The molecular formula is C10H14ClNS. The summed E-state index contributed by atoms with van der Waals surface area (Å²) in [5.41, 5.74) is 0.399. The van der Waals surface area contributed by atoms with Crippen LogP contribution in [-0.2, 0) is 6.54 Å². The van der Waals surface area contributed by atoms with Gasteiger partial charge >= 0.3 is 0 Å². The molecule has 1 aromatic rings. The van der Waals surface area contributed by atoms with Gasteiger partial charge in [0.1, 0.15) is 0 Å². The van der Waals surface area contributed by atoms with Crippen LogP contribution in [0.25, 0.3) is 0 Å². The molecule has 1 nitrogen and oxygen atoms in total. The molecule has 0 N–H and O–H groups in total. The fourth-order valence-corrected chi connectivity index (χ4v) is 2.74. The van der Waals surface area contributed by atoms with Crippen LogP contribution in [0.3, 0.4) is 0 Å². The van der Waals surface area contributed by atoms with Crippen LogP contribution in [0.2, 0.25) is 4.34 Å². The first-order valence-corrected chi connectivity index (χ1v) is 5.77. The Labute approximate surface area is 88.3 Å². The predicted octanol–water partition coefficient (Wildman–Crippen LogP) is 3.39. The smallest absolute Gasteiger partial charge is 0.0931 e. The van der Waals surface area contributed by atoms with E-state index < -0.39 is 0 Å². The number of nitrogens with zero attached hydrogens (tertiary/aromatic N) is 1. The van der Waals surface area contributed by atoms with E-state index in [4.69, 9.17) is 11.6 Å². The van der Waals surface area contributed by atoms with Crippen molar-refractivity contribution in [1.82, 2.24) is 4.90 Å². The van der Waals surface area contributed by atoms with Gasteiger partial charge in [-0.3, -0.25) is 4.90 Å². The molecule has 0 spiro atoms. The molecule has 0 radical (unpaired) electrons. The standard InChI is InChI=1S/C10H14ClNS/c1-10(2)5-6-12(10)7-8-3-4-9(11)13-8/h3-4H,5-7H2,1-2H3. The van der Waals surface area contributed by atoms with Crippen LogP contribution in [0.5, 0.6) is 0 Å². The van der Waals surface area contributed by atoms with Gasteiger partial charge in [-0.15, -0.1) is 11.3 Å². The van der Waals surface area contributed by atoms with Crippen molar-refractivity contribution < 1.29 is 0 Å². The maximum Gasteiger partial charge on any atom is 0.0931 e. The average molecular weight is 216 g/mol. The van der Waals surface area contributed by atoms with Crippen molar-refractivity contribution in [3.05, 3.63) is 21.3 Å². The number of thiophene rings is 1. The van der Waals surface area contributed by atoms with Gasteiger partial charge in [-0.2, -0.15) is 0 Å². The molecule has 2 rings (SSSR count). The number of halogens is 1. The van der Waals surface area contributed by atoms with Gasteiger partial charge in [0.15, 0.2) is 0 Å². The molecule has 2 heterocycles. The summed E-state index contributed by atoms with van der Waals surface area (Å²) in [6.45, 7) is 6.88. The van der Waals surface area contributed by atoms with Crippen LogP contribution < -0.4 is 0 Å². The minimum absolute atomic E-state index is 0.399. The largest absolute Gasteiger partial charge is 0.293 e. The second kappa shape index (κ2) is 3.26. The summed E-state index contributed by atoms with van der Waals surface area (Å²) in [5, 5.41) is 0. The van der Waals surface area contributed by atoms with Gasteiger partial charge in [-0.1, -0.05) is 11.6 Å². The first-order valence-electron chi connectivity index (χ1n) is 4.57. The van der Waals surface area contributed by atoms with Gasteiger partial charge in [-0.25, -0.2) is 0 Å². The molecule has 72 valence electrons. The Balaban J connectivity index is 1.99. The maximum absolute atomic E-state index is 5.88. The monoisotopic (exact) mass is 215 g/mol. The summed E-state index contributed by atoms with van der Waals surface area (Å²) in [6.07, 6.45) is 1.31. The van der Waals surface area contributed by atoms with Gasteiger partial charge in [0.2, 0.25) is 0 Å². The highest BCUT2D eigenvalue weighted by Crippen LogP contribution is 2.33. The molecule has 0 bridgehead atoms. The molecule has 1 aliphatic rings. The van der Waals surface area contributed by atoms with E-state index >= 15 is 0 Å². The minimum Gasteiger partial charge on any atom is -0.293 e. The van der Waals surface area contributed by atoms with Crippen LogP contribution in [0.4, 0.5) is 0 Å². The Morgan fingerprint density at radius 1 is 1.54 bits per heavy atom. The normalized spacial score (nSPS) is 21.5. The van der Waals surface area contributed by atoms with Crippen molar-refractivity contribution in [2.24, 2.45) is 0 Å². The highest BCUT2D eigenvalue weighted by molar-refractivity contribution is 7.16. The Morgan fingerprint density at radius 3 is 2.69 bits per heavy atom. The second-order valence-electron chi connectivity index (χ2n) is 4.19. The SMILES string of the molecule is CC1(C)CCN1Cc1ccc(Cl)s1. The lowest BCUT2D eigenvalue weighted by molar-refractivity contribution is 0.00887. The van der Waals surface area contributed by atoms with Crippen LogP contribution >= 0.6 is 22.9 Å². The van der Waals surface area contributed by atoms with Crippen LogP contribution in [0.1, 0.15) is 25.1 Å². The van der Waals surface area contributed by atoms with Crippen LogP contribution in [0, 0.1) is 0 Å². The van der Waals surface area contributed by atoms with Crippen LogP contribution in [0.15, 0.2) is 12.1 Å². The first kappa shape index (κ1) is 9.50. The van der Waals surface area contributed by atoms with E-state index in [1.165, 1.54) is 17.8 Å². The van der Waals surface area contributed by atoms with Crippen LogP contribution in [-0.4, -0.2) is 17.0 Å². The second-order valence-corrected chi connectivity index (χ2v) is 5.99. The molecule has 0 aromatic carbocycles. The Morgan fingerprint density at radius 2 is 2.31 bits per heavy atom. The van der Waals surface area contributed by atoms with E-state index in [9.17, 15) is 0 Å². The van der Waals surface area contributed by atoms with E-state index in [2.05, 4.69) is 24.8 Å². The summed E-state index contributed by atoms with van der Waals surface area (Å²) in [5.74, 6) is 0. The Hall–Kier alpha value is -0.0500. The van der Waals surface area contributed by atoms with Crippen molar-refractivity contribution in [1.29, 1.82) is 0 Å². The topological polar surface area (TPSA) is 3.24 Å². The maximum atomic E-state index is 5.88. The van der Waals surface area contributed by atoms with Crippen molar-refractivity contribution in [2.75, 3.05) is 6.54 Å². The Bertz CT molecular complexity index is 306. The molecule has 1 saturated heterocycles. The molecule has 0 unspecified atom stereocenters. The van der Waals surface area contributed by atoms with Gasteiger partial charge in [-0.05, 0) is 32.4 Å². The third-order valence-corrected chi connectivity index (χ3v) is 4.04. The van der Waals surface area contributed by atoms with Gasteiger partial charge in [0.25, 0.3) is 0 Å². The zero-order valence-corrected chi connectivity index (χ0v) is 9.58. The van der Waals surface area contributed by atoms with Gasteiger partial charge < -0.3 is 0 Å². The lowest BCUT2D eigenvalue weighted by Gasteiger charge is -2.48. The molecule has 0 aliphatic carbocycles. The third kappa shape index (κ3) is 1.90. The van der Waals surface area contributed by atoms with E-state index in [1.807, 2.05) is 6.07 Å². The quantitative estimate of drug-likeness (QED) is 0.731. The Kier molecular flexibility index (Phi) is 2.39. The zero-order valence-electron chi connectivity index (χ0n) is 8.01. The van der Waals surface area contributed by atoms with Crippen molar-refractivity contribution in [3.8, 4) is 0 Å². The zero-order chi connectivity index (χ0) is 9.47. The fourth-order valence-electron chi connectivity index (χ4n) is 1.64. The molecule has 1 aromatic heterocycles. The van der Waals surface area contributed by atoms with E-state index in [0.29, 0.717) is 5.54 Å². The van der Waals surface area contributed by atoms with Crippen molar-refractivity contribution in [2.45, 2.75) is 32.4 Å². The van der Waals surface area contributed by atoms with Crippen molar-refractivity contribution >= 4 is 22.9 Å². The average Bonchev–Trinajstić information content (AvgIpc) is 2.46. The summed E-state index contributed by atoms with van der Waals surface area (Å²) >= 11 is 7.57. The summed E-state index contributed by atoms with van der Waals surface area (Å²) in [7, 11) is 0. The summed E-state index contributed by atoms with van der Waals surface area (Å²) < 4.78 is 0.897. The molecule has 0 amide bonds. The number of rotatable bonds is 2. The van der Waals surface area contributed by atoms with Gasteiger partial charge in [0, 0.05) is 23.5 Å². The number of likely N-dealkylation sites (tertiary alicyclic amines) is 1. The highest BCUT2D eigenvalue weighted by atomic mass is 35.5. The molecule has 0 saturated carbocycles. The first-order chi connectivity index (χ1) is 6.08. The lowest BCUT2D eigenvalue weighted by atomic mass is 9.89. The molecule has 0 atom stereocenters. The number of hydrogen-bond acceptors (Lipinski definition) is 2. The molecule has 1 fully saturated rings. The van der Waals surface area contributed by atoms with Crippen molar-refractivity contribution in [3.63, 3.8) is 0 Å². The summed E-state index contributed by atoms with van der Waals surface area (Å²) in [4.78, 5) is 3.87. The third-order valence-electron chi connectivity index (χ3n) is 2.83. The summed E-state index contributed by atoms with van der Waals surface area (Å²) in [6, 6.07) is 4.11. The van der Waals surface area contributed by atoms with E-state index in [1.54, 1.807) is 11.3 Å². The minimum atomic E-state index is 0.399. The van der Waals surface area contributed by atoms with E-state index in [-0.39, 0.29) is 0 Å². The fraction of sp³-hybridized carbons (Fsp3) is 0.600. The molecule has 3 heteroatoms. The molecular weight excluding hydrogens is 202 g/mol. The predicted molar refractivity (Wildman–Crippen MR) is 58.4 cm³/mol. The number of hydrogen-bond donors (Lipinski definition) is 0. The molecule has 13 heavy (non-hydrogen) atoms. The molecule has 1 aliphatic heterocycles. The van der Waals surface area contributed by atoms with Gasteiger partial charge in [0.05, 0.1) is 4.34 Å².